The summed E-state index contributed by atoms with van der Waals surface area (Å²) in [5, 5.41) is 8.96. The van der Waals surface area contributed by atoms with E-state index in [1.807, 2.05) is 0 Å². The molecule has 0 radical (unpaired) electrons. The van der Waals surface area contributed by atoms with E-state index in [0.717, 1.165) is 57.6 Å². The van der Waals surface area contributed by atoms with Gasteiger partial charge in [-0.15, -0.1) is 0 Å². The van der Waals surface area contributed by atoms with E-state index in [0.29, 0.717) is 26.4 Å². The van der Waals surface area contributed by atoms with Crippen molar-refractivity contribution in [2.75, 3.05) is 45.9 Å². The van der Waals surface area contributed by atoms with Crippen LogP contribution >= 0.6 is 0 Å². The first-order valence-electron chi connectivity index (χ1n) is 12.2. The molecule has 0 unspecified atom stereocenters. The van der Waals surface area contributed by atoms with Gasteiger partial charge in [0.1, 0.15) is 0 Å². The van der Waals surface area contributed by atoms with Crippen LogP contribution in [0.15, 0.2) is 0 Å². The molecule has 2 heterocycles. The zero-order valence-corrected chi connectivity index (χ0v) is 21.6. The van der Waals surface area contributed by atoms with E-state index < -0.39 is 15.9 Å². The van der Waals surface area contributed by atoms with Gasteiger partial charge in [0.05, 0.1) is 45.9 Å². The fraction of sp³-hybridized carbons (Fsp3) is 1.00. The third-order valence-corrected chi connectivity index (χ3v) is 6.19. The molecular weight excluding hydrogens is 436 g/mol. The largest absolute Gasteiger partial charge is 0.396 e. The highest BCUT2D eigenvalue weighted by molar-refractivity contribution is 7.85. The van der Waals surface area contributed by atoms with Crippen LogP contribution in [0.2, 0.25) is 0 Å². The first-order chi connectivity index (χ1) is 15.2. The Labute approximate surface area is 195 Å². The number of aliphatic hydroxyl groups excluding tert-OH is 1. The van der Waals surface area contributed by atoms with Gasteiger partial charge in [-0.05, 0) is 0 Å². The molecule has 2 saturated heterocycles. The molecule has 0 bridgehead atoms. The van der Waals surface area contributed by atoms with Crippen LogP contribution in [0, 0.1) is 11.8 Å². The summed E-state index contributed by atoms with van der Waals surface area (Å²) >= 11 is 0. The van der Waals surface area contributed by atoms with Crippen LogP contribution in [0.5, 0.6) is 0 Å². The van der Waals surface area contributed by atoms with Gasteiger partial charge in [0.15, 0.2) is 11.6 Å². The summed E-state index contributed by atoms with van der Waals surface area (Å²) in [5.74, 6) is -0.668. The number of aliphatic hydroxyl groups is 1. The summed E-state index contributed by atoms with van der Waals surface area (Å²) < 4.78 is 49.8. The van der Waals surface area contributed by atoms with Crippen LogP contribution in [-0.4, -0.2) is 71.0 Å². The minimum Gasteiger partial charge on any atom is -0.396 e. The lowest BCUT2D eigenvalue weighted by atomic mass is 10.0. The van der Waals surface area contributed by atoms with E-state index in [1.54, 1.807) is 0 Å². The van der Waals surface area contributed by atoms with Crippen molar-refractivity contribution in [2.24, 2.45) is 11.8 Å². The van der Waals surface area contributed by atoms with Gasteiger partial charge in [0, 0.05) is 37.5 Å². The highest BCUT2D eigenvalue weighted by atomic mass is 32.2. The standard InChI is InChI=1S/C12H24O5S.C11H22O3/c1-4-6-12(7-5-2)15-8-11(9-16-12)10-17-18(3,13)14;1-3-5-11(6-4-2)13-8-10(7-12)9-14-11/h11H,4-10H2,1-3H3;10,12H,3-9H2,1-2H3. The fourth-order valence-corrected chi connectivity index (χ4v) is 4.47. The van der Waals surface area contributed by atoms with E-state index in [9.17, 15) is 8.42 Å². The predicted octanol–water partition coefficient (Wildman–Crippen LogP) is 3.86. The zero-order chi connectivity index (χ0) is 24.1. The van der Waals surface area contributed by atoms with Crippen molar-refractivity contribution in [3.8, 4) is 0 Å². The first-order valence-corrected chi connectivity index (χ1v) is 14.0. The second kappa shape index (κ2) is 14.9. The molecule has 9 heteroatoms. The van der Waals surface area contributed by atoms with Gasteiger partial charge in [-0.25, -0.2) is 0 Å². The highest BCUT2D eigenvalue weighted by Gasteiger charge is 2.37. The van der Waals surface area contributed by atoms with Gasteiger partial charge in [0.25, 0.3) is 10.1 Å². The number of hydrogen-bond acceptors (Lipinski definition) is 8. The van der Waals surface area contributed by atoms with E-state index >= 15 is 0 Å². The topological polar surface area (TPSA) is 101 Å². The Morgan fingerprint density at radius 2 is 1.09 bits per heavy atom. The maximum Gasteiger partial charge on any atom is 0.264 e. The average Bonchev–Trinajstić information content (AvgIpc) is 2.75. The van der Waals surface area contributed by atoms with Crippen molar-refractivity contribution in [1.82, 2.24) is 0 Å². The number of hydrogen-bond donors (Lipinski definition) is 1. The molecule has 0 aromatic carbocycles. The Hall–Kier alpha value is -0.290. The van der Waals surface area contributed by atoms with Crippen LogP contribution in [0.25, 0.3) is 0 Å². The van der Waals surface area contributed by atoms with Crippen molar-refractivity contribution < 1.29 is 36.7 Å². The molecule has 192 valence electrons. The Kier molecular flexibility index (Phi) is 13.8. The van der Waals surface area contributed by atoms with E-state index in [-0.39, 0.29) is 30.8 Å². The van der Waals surface area contributed by atoms with E-state index in [1.165, 1.54) is 0 Å². The maximum atomic E-state index is 10.9. The molecule has 2 rings (SSSR count). The van der Waals surface area contributed by atoms with Crippen LogP contribution < -0.4 is 0 Å². The van der Waals surface area contributed by atoms with Gasteiger partial charge < -0.3 is 24.1 Å². The smallest absolute Gasteiger partial charge is 0.264 e. The van der Waals surface area contributed by atoms with Crippen molar-refractivity contribution >= 4 is 10.1 Å². The molecule has 1 N–H and O–H groups in total. The van der Waals surface area contributed by atoms with Crippen molar-refractivity contribution in [2.45, 2.75) is 90.6 Å². The van der Waals surface area contributed by atoms with Crippen LogP contribution in [0.1, 0.15) is 79.1 Å². The summed E-state index contributed by atoms with van der Waals surface area (Å²) in [6.45, 7) is 11.0. The summed E-state index contributed by atoms with van der Waals surface area (Å²) in [6, 6.07) is 0. The van der Waals surface area contributed by atoms with Gasteiger partial charge in [-0.1, -0.05) is 53.4 Å². The minimum atomic E-state index is -3.38. The molecule has 0 atom stereocenters. The summed E-state index contributed by atoms with van der Waals surface area (Å²) in [4.78, 5) is 0. The third kappa shape index (κ3) is 10.8. The first kappa shape index (κ1) is 29.7. The molecule has 0 spiro atoms. The Morgan fingerprint density at radius 3 is 1.38 bits per heavy atom. The second-order valence-electron chi connectivity index (χ2n) is 8.97. The fourth-order valence-electron chi connectivity index (χ4n) is 4.03. The SMILES string of the molecule is CCCC1(CCC)OCC(CO)CO1.CCCC1(CCC)OCC(COS(C)(=O)=O)CO1. The van der Waals surface area contributed by atoms with Crippen LogP contribution in [-0.2, 0) is 33.2 Å². The Morgan fingerprint density at radius 1 is 0.750 bits per heavy atom. The van der Waals surface area contributed by atoms with E-state index in [4.69, 9.17) is 28.2 Å². The lowest BCUT2D eigenvalue weighted by molar-refractivity contribution is -0.292. The molecular formula is C23H46O8S. The summed E-state index contributed by atoms with van der Waals surface area (Å²) in [7, 11) is -3.38. The maximum absolute atomic E-state index is 10.9. The van der Waals surface area contributed by atoms with Crippen molar-refractivity contribution in [3.05, 3.63) is 0 Å². The molecule has 32 heavy (non-hydrogen) atoms. The van der Waals surface area contributed by atoms with Gasteiger partial charge in [0.2, 0.25) is 0 Å². The van der Waals surface area contributed by atoms with Crippen molar-refractivity contribution in [3.63, 3.8) is 0 Å². The molecule has 0 amide bonds. The Balaban J connectivity index is 0.000000330. The molecule has 0 aromatic rings. The Bertz CT molecular complexity index is 563. The van der Waals surface area contributed by atoms with Crippen LogP contribution in [0.4, 0.5) is 0 Å². The average molecular weight is 483 g/mol. The second-order valence-corrected chi connectivity index (χ2v) is 10.6. The molecule has 8 nitrogen and oxygen atoms in total. The molecule has 2 fully saturated rings. The lowest BCUT2D eigenvalue weighted by Crippen LogP contribution is -2.45. The molecule has 0 aliphatic carbocycles. The van der Waals surface area contributed by atoms with Gasteiger partial charge in [-0.2, -0.15) is 8.42 Å². The van der Waals surface area contributed by atoms with Crippen LogP contribution in [0.3, 0.4) is 0 Å². The highest BCUT2D eigenvalue weighted by Crippen LogP contribution is 2.32. The molecule has 0 saturated carbocycles. The summed E-state index contributed by atoms with van der Waals surface area (Å²) in [6.07, 6.45) is 8.87. The predicted molar refractivity (Wildman–Crippen MR) is 124 cm³/mol. The van der Waals surface area contributed by atoms with E-state index in [2.05, 4.69) is 27.7 Å². The van der Waals surface area contributed by atoms with Crippen molar-refractivity contribution in [1.29, 1.82) is 0 Å². The normalized spacial score (nSPS) is 21.7. The summed E-state index contributed by atoms with van der Waals surface area (Å²) in [5.41, 5.74) is 0. The van der Waals surface area contributed by atoms with Gasteiger partial charge >= 0.3 is 0 Å². The molecule has 2 aliphatic heterocycles. The zero-order valence-electron chi connectivity index (χ0n) is 20.8. The number of rotatable bonds is 12. The third-order valence-electron chi connectivity index (χ3n) is 5.63. The quantitative estimate of drug-likeness (QED) is 0.419. The minimum absolute atomic E-state index is 0.0124. The monoisotopic (exact) mass is 482 g/mol. The molecule has 2 aliphatic rings. The molecule has 0 aromatic heterocycles. The number of ether oxygens (including phenoxy) is 4. The lowest BCUT2D eigenvalue weighted by Gasteiger charge is -2.40. The van der Waals surface area contributed by atoms with Gasteiger partial charge in [-0.3, -0.25) is 4.18 Å².